The average molecular weight is 632 g/mol. The largest absolute Gasteiger partial charge is 0.376 e. The van der Waals surface area contributed by atoms with Gasteiger partial charge in [-0.3, -0.25) is 0 Å². The van der Waals surface area contributed by atoms with E-state index in [2.05, 4.69) is 14.7 Å². The van der Waals surface area contributed by atoms with Crippen LogP contribution in [0.5, 0.6) is 0 Å². The molecule has 0 atom stereocenters. The summed E-state index contributed by atoms with van der Waals surface area (Å²) < 4.78 is 116. The van der Waals surface area contributed by atoms with Gasteiger partial charge in [-0.05, 0) is 17.7 Å². The molecule has 0 radical (unpaired) electrons. The molecule has 3 rings (SSSR count). The number of ether oxygens (including phenoxy) is 1. The minimum absolute atomic E-state index is 0.108. The molecule has 0 saturated heterocycles. The van der Waals surface area contributed by atoms with Gasteiger partial charge in [-0.15, -0.1) is 20.2 Å². The Morgan fingerprint density at radius 1 is 0.905 bits per heavy atom. The SMILES string of the molecule is NS(=O)(=O)c1ccc(-c2c(-c3ccccc3)noc2COCC(F)(F)C(F)(F)C(F)(F)CO[N+](=O)[O-])cc1.O=[N+]([O-])O. The Morgan fingerprint density at radius 3 is 1.93 bits per heavy atom. The number of alkyl halides is 6. The van der Waals surface area contributed by atoms with Crippen molar-refractivity contribution >= 4 is 10.0 Å². The van der Waals surface area contributed by atoms with Crippen molar-refractivity contribution in [1.82, 2.24) is 5.16 Å². The predicted octanol–water partition coefficient (Wildman–Crippen LogP) is 3.94. The van der Waals surface area contributed by atoms with Crippen LogP contribution in [0.3, 0.4) is 0 Å². The summed E-state index contributed by atoms with van der Waals surface area (Å²) >= 11 is 0. The van der Waals surface area contributed by atoms with Crippen LogP contribution in [0.15, 0.2) is 64.0 Å². The van der Waals surface area contributed by atoms with Crippen LogP contribution in [0.2, 0.25) is 0 Å². The van der Waals surface area contributed by atoms with E-state index in [4.69, 9.17) is 25.0 Å². The molecule has 0 amide bonds. The molecule has 1 heterocycles. The number of sulfonamides is 1. The molecule has 2 aromatic carbocycles. The lowest BCUT2D eigenvalue weighted by molar-refractivity contribution is -0.763. The van der Waals surface area contributed by atoms with Gasteiger partial charge in [-0.2, -0.15) is 26.3 Å². The van der Waals surface area contributed by atoms with E-state index in [1.165, 1.54) is 12.1 Å². The lowest BCUT2D eigenvalue weighted by Gasteiger charge is -2.31. The van der Waals surface area contributed by atoms with E-state index in [0.717, 1.165) is 12.1 Å². The van der Waals surface area contributed by atoms with Crippen LogP contribution in [0, 0.1) is 20.2 Å². The Hall–Kier alpha value is -4.50. The zero-order chi connectivity index (χ0) is 31.9. The smallest absolute Gasteiger partial charge is 0.367 e. The molecule has 3 aromatic rings. The topological polar surface area (TPSA) is 211 Å². The van der Waals surface area contributed by atoms with E-state index < -0.39 is 57.8 Å². The molecule has 0 bridgehead atoms. The Balaban J connectivity index is 0.00000144. The lowest BCUT2D eigenvalue weighted by atomic mass is 9.99. The van der Waals surface area contributed by atoms with E-state index in [9.17, 15) is 44.9 Å². The van der Waals surface area contributed by atoms with Gasteiger partial charge < -0.3 is 19.3 Å². The number of halogens is 6. The first kappa shape index (κ1) is 33.7. The first-order valence-corrected chi connectivity index (χ1v) is 12.3. The van der Waals surface area contributed by atoms with Crippen molar-refractivity contribution in [3.63, 3.8) is 0 Å². The third-order valence-corrected chi connectivity index (χ3v) is 6.00. The maximum atomic E-state index is 14.1. The monoisotopic (exact) mass is 632 g/mol. The van der Waals surface area contributed by atoms with Crippen LogP contribution in [-0.4, -0.2) is 59.9 Å². The third-order valence-electron chi connectivity index (χ3n) is 5.07. The lowest BCUT2D eigenvalue weighted by Crippen LogP contribution is -2.58. The molecule has 0 aliphatic heterocycles. The number of nitrogens with two attached hydrogens (primary N) is 1. The van der Waals surface area contributed by atoms with Crippen molar-refractivity contribution in [2.24, 2.45) is 5.14 Å². The van der Waals surface area contributed by atoms with E-state index in [1.807, 2.05) is 0 Å². The summed E-state index contributed by atoms with van der Waals surface area (Å²) in [5.41, 5.74) is 0.969. The summed E-state index contributed by atoms with van der Waals surface area (Å²) in [5, 5.41) is 30.7. The first-order chi connectivity index (χ1) is 19.3. The molecule has 3 N–H and O–H groups in total. The van der Waals surface area contributed by atoms with Crippen LogP contribution < -0.4 is 5.14 Å². The predicted molar refractivity (Wildman–Crippen MR) is 125 cm³/mol. The van der Waals surface area contributed by atoms with E-state index in [-0.39, 0.29) is 27.5 Å². The summed E-state index contributed by atoms with van der Waals surface area (Å²) in [7, 11) is -4.05. The fourth-order valence-electron chi connectivity index (χ4n) is 3.18. The van der Waals surface area contributed by atoms with Gasteiger partial charge in [0.2, 0.25) is 10.0 Å². The van der Waals surface area contributed by atoms with Gasteiger partial charge in [0.25, 0.3) is 10.2 Å². The van der Waals surface area contributed by atoms with Crippen LogP contribution in [0.1, 0.15) is 5.76 Å². The maximum Gasteiger partial charge on any atom is 0.376 e. The van der Waals surface area contributed by atoms with E-state index >= 15 is 0 Å². The van der Waals surface area contributed by atoms with Gasteiger partial charge in [0.1, 0.15) is 18.9 Å². The van der Waals surface area contributed by atoms with Crippen molar-refractivity contribution in [3.05, 3.63) is 80.6 Å². The van der Waals surface area contributed by atoms with E-state index in [1.54, 1.807) is 30.3 Å². The summed E-state index contributed by atoms with van der Waals surface area (Å²) in [6.07, 6.45) is 0. The molecule has 0 aliphatic rings. The number of rotatable bonds is 12. The molecule has 0 aliphatic carbocycles. The Labute approximate surface area is 230 Å². The van der Waals surface area contributed by atoms with Crippen LogP contribution in [0.25, 0.3) is 22.4 Å². The van der Waals surface area contributed by atoms with Crippen molar-refractivity contribution in [3.8, 4) is 22.4 Å². The minimum Gasteiger partial charge on any atom is -0.367 e. The number of hydrogen-bond acceptors (Lipinski definition) is 10. The summed E-state index contributed by atoms with van der Waals surface area (Å²) in [4.78, 5) is 21.3. The van der Waals surface area contributed by atoms with Crippen molar-refractivity contribution in [2.45, 2.75) is 29.3 Å². The highest BCUT2D eigenvalue weighted by Crippen LogP contribution is 2.46. The second kappa shape index (κ2) is 13.0. The number of nitrogens with zero attached hydrogens (tertiary/aromatic N) is 3. The van der Waals surface area contributed by atoms with Gasteiger partial charge in [-0.1, -0.05) is 47.6 Å². The fraction of sp³-hybridized carbons (Fsp3) is 0.286. The molecular formula is C21H18F6N4O10S. The molecule has 21 heteroatoms. The standard InChI is InChI=1S/C21H17F6N3O7S.HNO3/c22-19(23,21(26,27)20(24,25)12-36-30(31)32)11-35-10-16-17(13-6-8-15(9-7-13)38(28,33)34)18(29-37-16)14-4-2-1-3-5-14;2-1(3)4/h1-9H,10-12H2,(H2,28,33,34);(H,2,3,4). The first-order valence-electron chi connectivity index (χ1n) is 10.8. The highest BCUT2D eigenvalue weighted by atomic mass is 32.2. The van der Waals surface area contributed by atoms with Crippen LogP contribution in [-0.2, 0) is 26.2 Å². The summed E-state index contributed by atoms with van der Waals surface area (Å²) in [5.74, 6) is -17.5. The maximum absolute atomic E-state index is 14.1. The van der Waals surface area contributed by atoms with Gasteiger partial charge >= 0.3 is 17.8 Å². The number of hydrogen-bond donors (Lipinski definition) is 2. The molecule has 0 unspecified atom stereocenters. The van der Waals surface area contributed by atoms with Gasteiger partial charge in [0, 0.05) is 5.56 Å². The highest BCUT2D eigenvalue weighted by Gasteiger charge is 2.71. The zero-order valence-electron chi connectivity index (χ0n) is 20.5. The second-order valence-electron chi connectivity index (χ2n) is 7.98. The van der Waals surface area contributed by atoms with Gasteiger partial charge in [0.15, 0.2) is 12.4 Å². The number of benzene rings is 2. The fourth-order valence-corrected chi connectivity index (χ4v) is 3.69. The van der Waals surface area contributed by atoms with Crippen molar-refractivity contribution in [1.29, 1.82) is 0 Å². The molecule has 0 spiro atoms. The molecule has 0 fully saturated rings. The molecule has 42 heavy (non-hydrogen) atoms. The second-order valence-corrected chi connectivity index (χ2v) is 9.54. The number of primary sulfonamides is 1. The van der Waals surface area contributed by atoms with Crippen LogP contribution >= 0.6 is 0 Å². The summed E-state index contributed by atoms with van der Waals surface area (Å²) in [6.45, 7) is -5.79. The zero-order valence-corrected chi connectivity index (χ0v) is 21.4. The molecular weight excluding hydrogens is 614 g/mol. The van der Waals surface area contributed by atoms with Gasteiger partial charge in [0.05, 0.1) is 10.5 Å². The molecule has 0 saturated carbocycles. The Bertz CT molecular complexity index is 1480. The van der Waals surface area contributed by atoms with Crippen LogP contribution in [0.4, 0.5) is 26.3 Å². The quantitative estimate of drug-likeness (QED) is 0.166. The molecule has 1 aromatic heterocycles. The Morgan fingerprint density at radius 2 is 1.43 bits per heavy atom. The molecule has 230 valence electrons. The van der Waals surface area contributed by atoms with Gasteiger partial charge in [-0.25, -0.2) is 13.6 Å². The molecule has 14 nitrogen and oxygen atoms in total. The summed E-state index contributed by atoms with van der Waals surface area (Å²) in [6, 6.07) is 13.0. The average Bonchev–Trinajstić information content (AvgIpc) is 3.31. The normalized spacial score (nSPS) is 12.3. The highest BCUT2D eigenvalue weighted by molar-refractivity contribution is 7.89. The Kier molecular flexibility index (Phi) is 10.4. The number of aromatic nitrogens is 1. The minimum atomic E-state index is -6.08. The van der Waals surface area contributed by atoms with Crippen molar-refractivity contribution in [2.75, 3.05) is 13.2 Å². The van der Waals surface area contributed by atoms with Crippen molar-refractivity contribution < 1.29 is 64.2 Å². The third kappa shape index (κ3) is 8.27. The van der Waals surface area contributed by atoms with E-state index in [0.29, 0.717) is 5.56 Å².